The molecule has 21 heavy (non-hydrogen) atoms. The number of likely N-dealkylation sites (tertiary alicyclic amines) is 1. The fourth-order valence-electron chi connectivity index (χ4n) is 2.95. The van der Waals surface area contributed by atoms with Gasteiger partial charge >= 0.3 is 0 Å². The summed E-state index contributed by atoms with van der Waals surface area (Å²) < 4.78 is 0. The van der Waals surface area contributed by atoms with Crippen molar-refractivity contribution < 1.29 is 0 Å². The van der Waals surface area contributed by atoms with Crippen LogP contribution in [-0.2, 0) is 13.0 Å². The lowest BCUT2D eigenvalue weighted by molar-refractivity contribution is 0.320. The van der Waals surface area contributed by atoms with Crippen molar-refractivity contribution in [3.05, 3.63) is 66.0 Å². The quantitative estimate of drug-likeness (QED) is 0.882. The molecule has 3 heteroatoms. The zero-order valence-corrected chi connectivity index (χ0v) is 12.4. The summed E-state index contributed by atoms with van der Waals surface area (Å²) in [5.74, 6) is 0. The number of nitrogens with zero attached hydrogens (tertiary/aromatic N) is 2. The highest BCUT2D eigenvalue weighted by atomic mass is 15.2. The Hall–Kier alpha value is -1.71. The molecular weight excluding hydrogens is 258 g/mol. The van der Waals surface area contributed by atoms with Crippen LogP contribution in [-0.4, -0.2) is 35.6 Å². The second kappa shape index (κ2) is 7.34. The van der Waals surface area contributed by atoms with Gasteiger partial charge in [-0.3, -0.25) is 9.88 Å². The highest BCUT2D eigenvalue weighted by Crippen LogP contribution is 2.13. The van der Waals surface area contributed by atoms with Gasteiger partial charge in [0, 0.05) is 38.1 Å². The summed E-state index contributed by atoms with van der Waals surface area (Å²) in [6, 6.07) is 15.5. The normalized spacial score (nSPS) is 19.0. The van der Waals surface area contributed by atoms with E-state index >= 15 is 0 Å². The van der Waals surface area contributed by atoms with E-state index in [0.29, 0.717) is 6.04 Å². The number of aromatic nitrogens is 1. The Morgan fingerprint density at radius 1 is 1.10 bits per heavy atom. The van der Waals surface area contributed by atoms with Crippen LogP contribution in [0, 0.1) is 0 Å². The van der Waals surface area contributed by atoms with Crippen LogP contribution in [0.3, 0.4) is 0 Å². The third-order valence-electron chi connectivity index (χ3n) is 4.09. The molecule has 1 N–H and O–H groups in total. The van der Waals surface area contributed by atoms with Crippen LogP contribution in [0.1, 0.15) is 17.5 Å². The molecule has 1 fully saturated rings. The van der Waals surface area contributed by atoms with Crippen LogP contribution < -0.4 is 5.32 Å². The summed E-state index contributed by atoms with van der Waals surface area (Å²) in [6.07, 6.45) is 6.09. The fraction of sp³-hybridized carbons (Fsp3) is 0.389. The number of nitrogens with one attached hydrogen (secondary N) is 1. The first kappa shape index (κ1) is 14.2. The lowest BCUT2D eigenvalue weighted by atomic mass is 10.2. The molecule has 2 heterocycles. The minimum absolute atomic E-state index is 0.630. The molecule has 0 bridgehead atoms. The van der Waals surface area contributed by atoms with Crippen LogP contribution in [0.25, 0.3) is 0 Å². The van der Waals surface area contributed by atoms with E-state index < -0.39 is 0 Å². The first-order valence-corrected chi connectivity index (χ1v) is 7.79. The largest absolute Gasteiger partial charge is 0.312 e. The molecule has 1 aliphatic rings. The first-order valence-electron chi connectivity index (χ1n) is 7.79. The number of rotatable bonds is 6. The molecule has 1 unspecified atom stereocenters. The lowest BCUT2D eigenvalue weighted by Crippen LogP contribution is -2.33. The van der Waals surface area contributed by atoms with Gasteiger partial charge < -0.3 is 5.32 Å². The molecule has 1 aromatic heterocycles. The van der Waals surface area contributed by atoms with Crippen molar-refractivity contribution in [2.45, 2.75) is 25.4 Å². The minimum atomic E-state index is 0.630. The SMILES string of the molecule is c1ccc(CN2CCC(NCCc3cccnc3)C2)cc1. The number of hydrogen-bond acceptors (Lipinski definition) is 3. The maximum Gasteiger partial charge on any atom is 0.0300 e. The van der Waals surface area contributed by atoms with Crippen LogP contribution in [0.5, 0.6) is 0 Å². The Balaban J connectivity index is 1.39. The van der Waals surface area contributed by atoms with E-state index in [-0.39, 0.29) is 0 Å². The Bertz CT molecular complexity index is 527. The van der Waals surface area contributed by atoms with E-state index in [1.807, 2.05) is 18.5 Å². The van der Waals surface area contributed by atoms with Crippen LogP contribution in [0.4, 0.5) is 0 Å². The molecular formula is C18H23N3. The van der Waals surface area contributed by atoms with Crippen molar-refractivity contribution in [2.24, 2.45) is 0 Å². The Kier molecular flexibility index (Phi) is 4.98. The van der Waals surface area contributed by atoms with Crippen molar-refractivity contribution in [3.63, 3.8) is 0 Å². The van der Waals surface area contributed by atoms with Crippen LogP contribution in [0.2, 0.25) is 0 Å². The molecule has 0 spiro atoms. The summed E-state index contributed by atoms with van der Waals surface area (Å²) in [5.41, 5.74) is 2.72. The highest BCUT2D eigenvalue weighted by molar-refractivity contribution is 5.14. The van der Waals surface area contributed by atoms with Gasteiger partial charge in [0.1, 0.15) is 0 Å². The average molecular weight is 281 g/mol. The van der Waals surface area contributed by atoms with Gasteiger partial charge in [-0.15, -0.1) is 0 Å². The van der Waals surface area contributed by atoms with E-state index in [4.69, 9.17) is 0 Å². The monoisotopic (exact) mass is 281 g/mol. The van der Waals surface area contributed by atoms with Gasteiger partial charge in [-0.05, 0) is 36.6 Å². The minimum Gasteiger partial charge on any atom is -0.312 e. The van der Waals surface area contributed by atoms with Crippen molar-refractivity contribution in [1.82, 2.24) is 15.2 Å². The highest BCUT2D eigenvalue weighted by Gasteiger charge is 2.21. The van der Waals surface area contributed by atoms with Crippen LogP contribution >= 0.6 is 0 Å². The summed E-state index contributed by atoms with van der Waals surface area (Å²) in [5, 5.41) is 3.68. The van der Waals surface area contributed by atoms with Crippen molar-refractivity contribution >= 4 is 0 Å². The third-order valence-corrected chi connectivity index (χ3v) is 4.09. The Morgan fingerprint density at radius 2 is 1.95 bits per heavy atom. The lowest BCUT2D eigenvalue weighted by Gasteiger charge is -2.16. The van der Waals surface area contributed by atoms with E-state index in [2.05, 4.69) is 51.6 Å². The predicted molar refractivity (Wildman–Crippen MR) is 86.1 cm³/mol. The van der Waals surface area contributed by atoms with Gasteiger partial charge in [0.05, 0.1) is 0 Å². The smallest absolute Gasteiger partial charge is 0.0300 e. The van der Waals surface area contributed by atoms with Gasteiger partial charge in [-0.2, -0.15) is 0 Å². The maximum atomic E-state index is 4.16. The molecule has 3 nitrogen and oxygen atoms in total. The second-order valence-electron chi connectivity index (χ2n) is 5.77. The molecule has 1 atom stereocenters. The van der Waals surface area contributed by atoms with Gasteiger partial charge in [-0.25, -0.2) is 0 Å². The average Bonchev–Trinajstić information content (AvgIpc) is 2.97. The molecule has 1 saturated heterocycles. The number of benzene rings is 1. The molecule has 1 aliphatic heterocycles. The zero-order chi connectivity index (χ0) is 14.3. The van der Waals surface area contributed by atoms with Crippen LogP contribution in [0.15, 0.2) is 54.9 Å². The molecule has 0 radical (unpaired) electrons. The zero-order valence-electron chi connectivity index (χ0n) is 12.4. The summed E-state index contributed by atoms with van der Waals surface area (Å²) in [6.45, 7) is 4.46. The van der Waals surface area contributed by atoms with Crippen molar-refractivity contribution in [3.8, 4) is 0 Å². The molecule has 2 aromatic rings. The van der Waals surface area contributed by atoms with Gasteiger partial charge in [0.2, 0.25) is 0 Å². The Morgan fingerprint density at radius 3 is 2.76 bits per heavy atom. The molecule has 1 aromatic carbocycles. The summed E-state index contributed by atoms with van der Waals surface area (Å²) in [7, 11) is 0. The molecule has 3 rings (SSSR count). The molecule has 0 aliphatic carbocycles. The maximum absolute atomic E-state index is 4.16. The predicted octanol–water partition coefficient (Wildman–Crippen LogP) is 2.49. The standard InChI is InChI=1S/C18H23N3/c1-2-5-17(6-3-1)14-21-12-9-18(15-21)20-11-8-16-7-4-10-19-13-16/h1-7,10,13,18,20H,8-9,11-12,14-15H2. The third kappa shape index (κ3) is 4.38. The van der Waals surface area contributed by atoms with Gasteiger partial charge in [0.25, 0.3) is 0 Å². The van der Waals surface area contributed by atoms with Crippen molar-refractivity contribution in [1.29, 1.82) is 0 Å². The Labute approximate surface area is 127 Å². The summed E-state index contributed by atoms with van der Waals surface area (Å²) >= 11 is 0. The topological polar surface area (TPSA) is 28.2 Å². The molecule has 110 valence electrons. The van der Waals surface area contributed by atoms with Gasteiger partial charge in [0.15, 0.2) is 0 Å². The van der Waals surface area contributed by atoms with Crippen molar-refractivity contribution in [2.75, 3.05) is 19.6 Å². The number of hydrogen-bond donors (Lipinski definition) is 1. The molecule has 0 amide bonds. The summed E-state index contributed by atoms with van der Waals surface area (Å²) in [4.78, 5) is 6.70. The van der Waals surface area contributed by atoms with E-state index in [0.717, 1.165) is 26.1 Å². The second-order valence-corrected chi connectivity index (χ2v) is 5.77. The van der Waals surface area contributed by atoms with E-state index in [1.165, 1.54) is 24.1 Å². The number of pyridine rings is 1. The fourth-order valence-corrected chi connectivity index (χ4v) is 2.95. The van der Waals surface area contributed by atoms with E-state index in [1.54, 1.807) is 0 Å². The first-order chi connectivity index (χ1) is 10.4. The van der Waals surface area contributed by atoms with Gasteiger partial charge in [-0.1, -0.05) is 36.4 Å². The van der Waals surface area contributed by atoms with E-state index in [9.17, 15) is 0 Å². The molecule has 0 saturated carbocycles.